The average molecular weight is 522 g/mol. The van der Waals surface area contributed by atoms with Crippen molar-refractivity contribution in [2.24, 2.45) is 5.92 Å². The Morgan fingerprint density at radius 2 is 1.76 bits per heavy atom. The third-order valence-electron chi connectivity index (χ3n) is 7.99. The van der Waals surface area contributed by atoms with Crippen LogP contribution in [0, 0.1) is 5.92 Å². The van der Waals surface area contributed by atoms with Crippen LogP contribution in [0.5, 0.6) is 0 Å². The molecule has 1 aliphatic carbocycles. The third-order valence-corrected chi connectivity index (χ3v) is 7.99. The molecule has 1 saturated heterocycles. The number of likely N-dealkylation sites (tertiary alicyclic amines) is 1. The molecule has 37 heavy (non-hydrogen) atoms. The van der Waals surface area contributed by atoms with E-state index < -0.39 is 17.3 Å². The number of aliphatic hydroxyl groups is 1. The highest BCUT2D eigenvalue weighted by Crippen LogP contribution is 2.40. The van der Waals surface area contributed by atoms with Crippen molar-refractivity contribution in [3.8, 4) is 0 Å². The highest BCUT2D eigenvalue weighted by Gasteiger charge is 2.41. The molecule has 2 heterocycles. The summed E-state index contributed by atoms with van der Waals surface area (Å²) in [5.41, 5.74) is -0.944. The van der Waals surface area contributed by atoms with Gasteiger partial charge in [-0.15, -0.1) is 0 Å². The average Bonchev–Trinajstić information content (AvgIpc) is 2.84. The zero-order valence-electron chi connectivity index (χ0n) is 21.7. The fourth-order valence-electron chi connectivity index (χ4n) is 6.10. The zero-order valence-corrected chi connectivity index (χ0v) is 21.7. The minimum Gasteiger partial charge on any atom is -0.390 e. The maximum absolute atomic E-state index is 13.1. The quantitative estimate of drug-likeness (QED) is 0.418. The van der Waals surface area contributed by atoms with Crippen molar-refractivity contribution in [3.63, 3.8) is 0 Å². The molecule has 4 rings (SSSR count). The largest absolute Gasteiger partial charge is 0.416 e. The molecule has 0 bridgehead atoms. The van der Waals surface area contributed by atoms with E-state index in [0.717, 1.165) is 76.6 Å². The molecule has 1 aromatic carbocycles. The lowest BCUT2D eigenvalue weighted by molar-refractivity contribution is -0.137. The Morgan fingerprint density at radius 3 is 2.38 bits per heavy atom. The lowest BCUT2D eigenvalue weighted by atomic mass is 9.71. The summed E-state index contributed by atoms with van der Waals surface area (Å²) in [5.74, 6) is 0.345. The Balaban J connectivity index is 1.23. The number of anilines is 1. The summed E-state index contributed by atoms with van der Waals surface area (Å²) >= 11 is 0. The van der Waals surface area contributed by atoms with Crippen LogP contribution in [0.3, 0.4) is 0 Å². The predicted molar refractivity (Wildman–Crippen MR) is 137 cm³/mol. The van der Waals surface area contributed by atoms with Crippen LogP contribution in [-0.4, -0.2) is 63.2 Å². The van der Waals surface area contributed by atoms with E-state index >= 15 is 0 Å². The Morgan fingerprint density at radius 1 is 1.08 bits per heavy atom. The molecule has 1 aliphatic heterocycles. The van der Waals surface area contributed by atoms with Gasteiger partial charge in [0, 0.05) is 24.5 Å². The standard InChI is InChI=1S/C27H38F3N5O2/c1-3-11-26(37,12-4-2)18-5-8-21(9-6-18)35-15-20(16-35)34-24(36)14-31-25-22-13-19(27(28,29)30)7-10-23(22)32-17-33-25/h7,10,13,17-18,20-21,37H,3-6,8-9,11-12,14-16H2,1-2H3,(H,34,36)(H,31,32,33)/t18-,21-. The number of benzene rings is 1. The molecule has 0 radical (unpaired) electrons. The van der Waals surface area contributed by atoms with E-state index in [1.54, 1.807) is 0 Å². The van der Waals surface area contributed by atoms with Gasteiger partial charge in [0.25, 0.3) is 0 Å². The fourth-order valence-corrected chi connectivity index (χ4v) is 6.10. The SMILES string of the molecule is CCCC(O)(CCC)[C@H]1CC[C@H](N2CC(NC(=O)CNc3ncnc4ccc(C(F)(F)F)cc34)C2)CC1. The second-order valence-electron chi connectivity index (χ2n) is 10.6. The highest BCUT2D eigenvalue weighted by molar-refractivity contribution is 5.91. The van der Waals surface area contributed by atoms with E-state index in [1.807, 2.05) is 0 Å². The molecule has 0 unspecified atom stereocenters. The van der Waals surface area contributed by atoms with Gasteiger partial charge in [-0.25, -0.2) is 9.97 Å². The van der Waals surface area contributed by atoms with Gasteiger partial charge in [0.15, 0.2) is 0 Å². The van der Waals surface area contributed by atoms with Crippen LogP contribution in [-0.2, 0) is 11.0 Å². The van der Waals surface area contributed by atoms with Gasteiger partial charge >= 0.3 is 6.18 Å². The van der Waals surface area contributed by atoms with Crippen molar-refractivity contribution < 1.29 is 23.1 Å². The molecule has 2 aromatic rings. The topological polar surface area (TPSA) is 90.4 Å². The minimum atomic E-state index is -4.47. The number of hydrogen-bond acceptors (Lipinski definition) is 6. The number of carbonyl (C=O) groups is 1. The number of halogens is 3. The summed E-state index contributed by atoms with van der Waals surface area (Å²) in [4.78, 5) is 23.0. The van der Waals surface area contributed by atoms with E-state index in [-0.39, 0.29) is 29.7 Å². The number of nitrogens with one attached hydrogen (secondary N) is 2. The molecule has 10 heteroatoms. The molecule has 0 atom stereocenters. The number of hydrogen-bond donors (Lipinski definition) is 3. The lowest BCUT2D eigenvalue weighted by Gasteiger charge is -2.48. The maximum atomic E-state index is 13.1. The molecular weight excluding hydrogens is 483 g/mol. The van der Waals surface area contributed by atoms with Crippen LogP contribution in [0.25, 0.3) is 10.9 Å². The summed E-state index contributed by atoms with van der Waals surface area (Å²) in [5, 5.41) is 17.3. The van der Waals surface area contributed by atoms with Gasteiger partial charge in [-0.3, -0.25) is 9.69 Å². The van der Waals surface area contributed by atoms with Crippen molar-refractivity contribution in [1.29, 1.82) is 0 Å². The van der Waals surface area contributed by atoms with E-state index in [1.165, 1.54) is 12.4 Å². The molecule has 3 N–H and O–H groups in total. The van der Waals surface area contributed by atoms with E-state index in [9.17, 15) is 23.1 Å². The normalized spacial score (nSPS) is 21.6. The number of alkyl halides is 3. The monoisotopic (exact) mass is 521 g/mol. The van der Waals surface area contributed by atoms with Gasteiger partial charge < -0.3 is 15.7 Å². The molecule has 0 spiro atoms. The molecule has 1 aromatic heterocycles. The Labute approximate surface area is 216 Å². The van der Waals surface area contributed by atoms with Crippen molar-refractivity contribution in [2.45, 2.75) is 89.1 Å². The van der Waals surface area contributed by atoms with Gasteiger partial charge in [0.05, 0.1) is 29.3 Å². The summed E-state index contributed by atoms with van der Waals surface area (Å²) in [6.45, 7) is 5.77. The van der Waals surface area contributed by atoms with E-state index in [2.05, 4.69) is 39.3 Å². The van der Waals surface area contributed by atoms with Crippen molar-refractivity contribution in [2.75, 3.05) is 25.0 Å². The van der Waals surface area contributed by atoms with Gasteiger partial charge in [-0.05, 0) is 62.6 Å². The molecule has 1 amide bonds. The number of aromatic nitrogens is 2. The summed E-state index contributed by atoms with van der Waals surface area (Å²) < 4.78 is 39.3. The fraction of sp³-hybridized carbons (Fsp3) is 0.667. The second-order valence-corrected chi connectivity index (χ2v) is 10.6. The van der Waals surface area contributed by atoms with Crippen LogP contribution in [0.4, 0.5) is 19.0 Å². The van der Waals surface area contributed by atoms with Crippen LogP contribution in [0.1, 0.15) is 70.8 Å². The van der Waals surface area contributed by atoms with Gasteiger partial charge in [-0.1, -0.05) is 26.7 Å². The number of carbonyl (C=O) groups excluding carboxylic acids is 1. The van der Waals surface area contributed by atoms with Crippen molar-refractivity contribution >= 4 is 22.6 Å². The molecule has 2 fully saturated rings. The first-order valence-electron chi connectivity index (χ1n) is 13.4. The smallest absolute Gasteiger partial charge is 0.390 e. The Hall–Kier alpha value is -2.46. The van der Waals surface area contributed by atoms with Crippen LogP contribution in [0.2, 0.25) is 0 Å². The molecule has 1 saturated carbocycles. The Bertz CT molecular complexity index is 1060. The summed E-state index contributed by atoms with van der Waals surface area (Å²) in [6, 6.07) is 3.83. The van der Waals surface area contributed by atoms with Gasteiger partial charge in [-0.2, -0.15) is 13.2 Å². The maximum Gasteiger partial charge on any atom is 0.416 e. The molecule has 204 valence electrons. The Kier molecular flexibility index (Phi) is 8.58. The first kappa shape index (κ1) is 27.6. The van der Waals surface area contributed by atoms with E-state index in [4.69, 9.17) is 0 Å². The van der Waals surface area contributed by atoms with E-state index in [0.29, 0.717) is 17.5 Å². The van der Waals surface area contributed by atoms with Crippen LogP contribution < -0.4 is 10.6 Å². The van der Waals surface area contributed by atoms with Crippen molar-refractivity contribution in [1.82, 2.24) is 20.2 Å². The molecular formula is C27H38F3N5O2. The van der Waals surface area contributed by atoms with Crippen molar-refractivity contribution in [3.05, 3.63) is 30.1 Å². The van der Waals surface area contributed by atoms with Gasteiger partial charge in [0.1, 0.15) is 12.1 Å². The van der Waals surface area contributed by atoms with Crippen LogP contribution in [0.15, 0.2) is 24.5 Å². The third kappa shape index (κ3) is 6.52. The number of nitrogens with zero attached hydrogens (tertiary/aromatic N) is 3. The minimum absolute atomic E-state index is 0.0584. The first-order chi connectivity index (χ1) is 17.6. The number of fused-ring (bicyclic) bond motifs is 1. The first-order valence-corrected chi connectivity index (χ1v) is 13.4. The van der Waals surface area contributed by atoms with Crippen LogP contribution >= 0.6 is 0 Å². The van der Waals surface area contributed by atoms with Gasteiger partial charge in [0.2, 0.25) is 5.91 Å². The highest BCUT2D eigenvalue weighted by atomic mass is 19.4. The number of amides is 1. The zero-order chi connectivity index (χ0) is 26.6. The summed E-state index contributed by atoms with van der Waals surface area (Å²) in [7, 11) is 0. The molecule has 7 nitrogen and oxygen atoms in total. The second kappa shape index (κ2) is 11.5. The molecule has 2 aliphatic rings. The lowest BCUT2D eigenvalue weighted by Crippen LogP contribution is -2.63. The number of rotatable bonds is 10. The summed E-state index contributed by atoms with van der Waals surface area (Å²) in [6.07, 6.45) is 4.77. The predicted octanol–water partition coefficient (Wildman–Crippen LogP) is 4.75.